The Labute approximate surface area is 67.1 Å². The molecule has 0 aromatic carbocycles. The van der Waals surface area contributed by atoms with Gasteiger partial charge in [-0.2, -0.15) is 0 Å². The molecular formula is C10H12O. The van der Waals surface area contributed by atoms with E-state index in [1.807, 2.05) is 12.3 Å². The lowest BCUT2D eigenvalue weighted by atomic mass is 9.83. The molecule has 11 heavy (non-hydrogen) atoms. The van der Waals surface area contributed by atoms with Gasteiger partial charge in [-0.25, -0.2) is 0 Å². The first-order chi connectivity index (χ1) is 5.22. The molecule has 0 spiro atoms. The quantitative estimate of drug-likeness (QED) is 0.512. The van der Waals surface area contributed by atoms with Crippen LogP contribution in [0.1, 0.15) is 13.8 Å². The van der Waals surface area contributed by atoms with Crippen molar-refractivity contribution in [3.63, 3.8) is 0 Å². The van der Waals surface area contributed by atoms with E-state index in [2.05, 4.69) is 32.1 Å². The van der Waals surface area contributed by atoms with E-state index in [0.717, 1.165) is 0 Å². The van der Waals surface area contributed by atoms with Crippen LogP contribution in [-0.2, 0) is 4.74 Å². The van der Waals surface area contributed by atoms with Crippen LogP contribution in [-0.4, -0.2) is 5.60 Å². The Balaban J connectivity index is 2.37. The van der Waals surface area contributed by atoms with Crippen LogP contribution in [0, 0.1) is 5.92 Å². The first-order valence-corrected chi connectivity index (χ1v) is 3.93. The Morgan fingerprint density at radius 1 is 1.45 bits per heavy atom. The van der Waals surface area contributed by atoms with Crippen molar-refractivity contribution >= 4 is 0 Å². The van der Waals surface area contributed by atoms with Crippen molar-refractivity contribution in [2.45, 2.75) is 19.4 Å². The Morgan fingerprint density at radius 2 is 2.27 bits per heavy atom. The van der Waals surface area contributed by atoms with Gasteiger partial charge in [0.1, 0.15) is 5.60 Å². The van der Waals surface area contributed by atoms with Crippen molar-refractivity contribution in [1.29, 1.82) is 0 Å². The van der Waals surface area contributed by atoms with Crippen LogP contribution >= 0.6 is 0 Å². The molecule has 2 rings (SSSR count). The second-order valence-electron chi connectivity index (χ2n) is 3.39. The molecule has 1 heterocycles. The van der Waals surface area contributed by atoms with E-state index in [-0.39, 0.29) is 5.60 Å². The average molecular weight is 148 g/mol. The van der Waals surface area contributed by atoms with Crippen LogP contribution in [0.5, 0.6) is 0 Å². The zero-order chi connectivity index (χ0) is 7.90. The van der Waals surface area contributed by atoms with Crippen LogP contribution in [0.15, 0.2) is 36.1 Å². The molecule has 2 atom stereocenters. The minimum atomic E-state index is -0.0984. The van der Waals surface area contributed by atoms with Crippen molar-refractivity contribution in [2.75, 3.05) is 0 Å². The molecule has 1 aliphatic carbocycles. The monoisotopic (exact) mass is 148 g/mol. The summed E-state index contributed by atoms with van der Waals surface area (Å²) in [7, 11) is 0. The van der Waals surface area contributed by atoms with Crippen LogP contribution in [0.3, 0.4) is 0 Å². The van der Waals surface area contributed by atoms with E-state index >= 15 is 0 Å². The van der Waals surface area contributed by atoms with Crippen molar-refractivity contribution in [2.24, 2.45) is 5.92 Å². The highest BCUT2D eigenvalue weighted by atomic mass is 16.5. The molecule has 0 bridgehead atoms. The van der Waals surface area contributed by atoms with Gasteiger partial charge < -0.3 is 4.74 Å². The maximum Gasteiger partial charge on any atom is 0.134 e. The van der Waals surface area contributed by atoms with Gasteiger partial charge in [0.05, 0.1) is 6.26 Å². The number of rotatable bonds is 0. The fourth-order valence-corrected chi connectivity index (χ4v) is 1.73. The fraction of sp³-hybridized carbons (Fsp3) is 0.400. The third-order valence-electron chi connectivity index (χ3n) is 2.45. The first-order valence-electron chi connectivity index (χ1n) is 3.93. The standard InChI is InChI=1S/C10H12O/c1-8-7-11-10(2)6-4-3-5-9(8)10/h3-7,9H,1-2H3. The highest BCUT2D eigenvalue weighted by Gasteiger charge is 2.37. The van der Waals surface area contributed by atoms with Gasteiger partial charge in [-0.15, -0.1) is 0 Å². The molecule has 0 aromatic rings. The molecule has 0 aromatic heterocycles. The van der Waals surface area contributed by atoms with Crippen molar-refractivity contribution in [3.8, 4) is 0 Å². The lowest BCUT2D eigenvalue weighted by molar-refractivity contribution is 0.0870. The van der Waals surface area contributed by atoms with E-state index < -0.39 is 0 Å². The topological polar surface area (TPSA) is 9.23 Å². The van der Waals surface area contributed by atoms with Gasteiger partial charge in [0.2, 0.25) is 0 Å². The van der Waals surface area contributed by atoms with Gasteiger partial charge in [-0.1, -0.05) is 18.2 Å². The lowest BCUT2D eigenvalue weighted by Crippen LogP contribution is -2.30. The van der Waals surface area contributed by atoms with Gasteiger partial charge in [0, 0.05) is 5.92 Å². The van der Waals surface area contributed by atoms with Crippen LogP contribution in [0.25, 0.3) is 0 Å². The normalized spacial score (nSPS) is 39.8. The predicted octanol–water partition coefficient (Wildman–Crippen LogP) is 2.42. The number of fused-ring (bicyclic) bond motifs is 1. The largest absolute Gasteiger partial charge is 0.490 e. The molecule has 2 aliphatic rings. The maximum absolute atomic E-state index is 5.56. The molecule has 0 radical (unpaired) electrons. The van der Waals surface area contributed by atoms with Crippen LogP contribution in [0.4, 0.5) is 0 Å². The van der Waals surface area contributed by atoms with Gasteiger partial charge in [0.25, 0.3) is 0 Å². The summed E-state index contributed by atoms with van der Waals surface area (Å²) in [5.74, 6) is 0.451. The Kier molecular flexibility index (Phi) is 1.22. The van der Waals surface area contributed by atoms with E-state index in [9.17, 15) is 0 Å². The Bertz CT molecular complexity index is 260. The summed E-state index contributed by atoms with van der Waals surface area (Å²) in [6.45, 7) is 4.23. The van der Waals surface area contributed by atoms with Gasteiger partial charge in [0.15, 0.2) is 0 Å². The Morgan fingerprint density at radius 3 is 3.00 bits per heavy atom. The van der Waals surface area contributed by atoms with Crippen molar-refractivity contribution < 1.29 is 4.74 Å². The molecule has 1 aliphatic heterocycles. The minimum Gasteiger partial charge on any atom is -0.490 e. The SMILES string of the molecule is CC1=COC2(C)C=CC=CC12. The summed E-state index contributed by atoms with van der Waals surface area (Å²) in [6, 6.07) is 0. The third kappa shape index (κ3) is 0.839. The van der Waals surface area contributed by atoms with Crippen molar-refractivity contribution in [3.05, 3.63) is 36.1 Å². The van der Waals surface area contributed by atoms with E-state index in [1.54, 1.807) is 0 Å². The molecule has 1 nitrogen and oxygen atoms in total. The minimum absolute atomic E-state index is 0.0984. The van der Waals surface area contributed by atoms with Gasteiger partial charge in [-0.3, -0.25) is 0 Å². The fourth-order valence-electron chi connectivity index (χ4n) is 1.73. The zero-order valence-electron chi connectivity index (χ0n) is 6.87. The van der Waals surface area contributed by atoms with Crippen LogP contribution < -0.4 is 0 Å². The Hall–Kier alpha value is -0.980. The lowest BCUT2D eigenvalue weighted by Gasteiger charge is -2.28. The highest BCUT2D eigenvalue weighted by Crippen LogP contribution is 2.38. The molecule has 0 saturated heterocycles. The molecule has 1 heteroatoms. The van der Waals surface area contributed by atoms with E-state index in [1.165, 1.54) is 5.57 Å². The van der Waals surface area contributed by atoms with E-state index in [4.69, 9.17) is 4.74 Å². The molecular weight excluding hydrogens is 136 g/mol. The molecule has 58 valence electrons. The number of allylic oxidation sites excluding steroid dienone is 2. The molecule has 0 saturated carbocycles. The number of ether oxygens (including phenoxy) is 1. The predicted molar refractivity (Wildman–Crippen MR) is 45.0 cm³/mol. The highest BCUT2D eigenvalue weighted by molar-refractivity contribution is 5.31. The third-order valence-corrected chi connectivity index (χ3v) is 2.45. The van der Waals surface area contributed by atoms with Crippen LogP contribution in [0.2, 0.25) is 0 Å². The molecule has 0 fully saturated rings. The zero-order valence-corrected chi connectivity index (χ0v) is 6.87. The summed E-state index contributed by atoms with van der Waals surface area (Å²) in [5.41, 5.74) is 1.21. The molecule has 2 unspecified atom stereocenters. The molecule has 0 amide bonds. The van der Waals surface area contributed by atoms with Crippen molar-refractivity contribution in [1.82, 2.24) is 0 Å². The second kappa shape index (κ2) is 2.00. The summed E-state index contributed by atoms with van der Waals surface area (Å²) in [4.78, 5) is 0. The summed E-state index contributed by atoms with van der Waals surface area (Å²) >= 11 is 0. The average Bonchev–Trinajstić information content (AvgIpc) is 2.29. The van der Waals surface area contributed by atoms with E-state index in [0.29, 0.717) is 5.92 Å². The second-order valence-corrected chi connectivity index (χ2v) is 3.39. The smallest absolute Gasteiger partial charge is 0.134 e. The number of hydrogen-bond donors (Lipinski definition) is 0. The summed E-state index contributed by atoms with van der Waals surface area (Å²) < 4.78 is 5.56. The first kappa shape index (κ1) is 6.71. The van der Waals surface area contributed by atoms with Gasteiger partial charge in [-0.05, 0) is 25.5 Å². The summed E-state index contributed by atoms with van der Waals surface area (Å²) in [5, 5.41) is 0. The summed E-state index contributed by atoms with van der Waals surface area (Å²) in [6.07, 6.45) is 10.3. The maximum atomic E-state index is 5.56. The molecule has 0 N–H and O–H groups in total. The van der Waals surface area contributed by atoms with Gasteiger partial charge >= 0.3 is 0 Å². The number of hydrogen-bond acceptors (Lipinski definition) is 1.